The number of ether oxygens (including phenoxy) is 4. The molecule has 2 rings (SSSR count). The van der Waals surface area contributed by atoms with Gasteiger partial charge in [0.1, 0.15) is 0 Å². The SMILES string of the molecule is COC(=O)C1C(C(OC(=O)OC(C2C(C(=O)OC)C2(C)C)C(Cl)(Cl)Cl)C(Cl)(Cl)Cl)C1(C)C.[NaH].[NaH]. The Bertz CT molecular complexity index is 722. The van der Waals surface area contributed by atoms with Gasteiger partial charge in [0, 0.05) is 11.8 Å². The van der Waals surface area contributed by atoms with Crippen LogP contribution in [0.3, 0.4) is 0 Å². The first-order chi connectivity index (χ1) is 14.3. The average Bonchev–Trinajstić information content (AvgIpc) is 3.41. The summed E-state index contributed by atoms with van der Waals surface area (Å²) in [5, 5.41) is 0. The number of rotatable bonds is 6. The number of carbonyl (C=O) groups is 3. The molecule has 2 fully saturated rings. The summed E-state index contributed by atoms with van der Waals surface area (Å²) in [6, 6.07) is 0. The summed E-state index contributed by atoms with van der Waals surface area (Å²) in [5.74, 6) is -3.73. The minimum atomic E-state index is -2.09. The molecule has 0 spiro atoms. The van der Waals surface area contributed by atoms with E-state index in [4.69, 9.17) is 88.6 Å². The molecule has 0 bridgehead atoms. The van der Waals surface area contributed by atoms with E-state index >= 15 is 0 Å². The number of halogens is 6. The number of methoxy groups -OCH3 is 2. The Balaban J connectivity index is 0.00000544. The molecule has 2 aliphatic rings. The van der Waals surface area contributed by atoms with Crippen molar-refractivity contribution in [3.8, 4) is 0 Å². The van der Waals surface area contributed by atoms with Gasteiger partial charge in [-0.2, -0.15) is 0 Å². The fourth-order valence-corrected chi connectivity index (χ4v) is 5.64. The van der Waals surface area contributed by atoms with E-state index in [-0.39, 0.29) is 59.1 Å². The van der Waals surface area contributed by atoms with Gasteiger partial charge >= 0.3 is 77.2 Å². The zero-order valence-corrected chi connectivity index (χ0v) is 22.6. The van der Waals surface area contributed by atoms with Crippen molar-refractivity contribution in [2.24, 2.45) is 34.5 Å². The molecule has 15 heteroatoms. The first-order valence-corrected chi connectivity index (χ1v) is 11.8. The van der Waals surface area contributed by atoms with E-state index in [0.29, 0.717) is 0 Å². The zero-order chi connectivity index (χ0) is 25.0. The monoisotopic (exact) mass is 622 g/mol. The Kier molecular flexibility index (Phi) is 13.1. The zero-order valence-electron chi connectivity index (χ0n) is 18.1. The first-order valence-electron chi connectivity index (χ1n) is 9.49. The van der Waals surface area contributed by atoms with Gasteiger partial charge in [0.2, 0.25) is 7.59 Å². The molecule has 2 aliphatic carbocycles. The summed E-state index contributed by atoms with van der Waals surface area (Å²) >= 11 is 36.3. The quantitative estimate of drug-likeness (QED) is 0.189. The van der Waals surface area contributed by atoms with Gasteiger partial charge in [0.25, 0.3) is 0 Å². The molecule has 0 heterocycles. The molecule has 6 unspecified atom stereocenters. The third-order valence-electron chi connectivity index (χ3n) is 6.48. The van der Waals surface area contributed by atoms with Crippen molar-refractivity contribution in [3.05, 3.63) is 0 Å². The molecule has 0 saturated heterocycles. The number of hydrogen-bond acceptors (Lipinski definition) is 7. The molecule has 2 saturated carbocycles. The molecule has 0 radical (unpaired) electrons. The Labute approximate surface area is 273 Å². The predicted molar refractivity (Wildman–Crippen MR) is 136 cm³/mol. The third kappa shape index (κ3) is 7.53. The summed E-state index contributed by atoms with van der Waals surface area (Å²) in [6.07, 6.45) is -4.01. The summed E-state index contributed by atoms with van der Waals surface area (Å²) in [6.45, 7) is 6.98. The minimum absolute atomic E-state index is 0. The molecule has 6 atom stereocenters. The maximum atomic E-state index is 12.7. The van der Waals surface area contributed by atoms with Crippen LogP contribution >= 0.6 is 69.6 Å². The van der Waals surface area contributed by atoms with Gasteiger partial charge in [-0.25, -0.2) is 4.79 Å². The molecule has 0 amide bonds. The van der Waals surface area contributed by atoms with Crippen LogP contribution in [0.15, 0.2) is 0 Å². The second-order valence-electron chi connectivity index (χ2n) is 9.11. The molecule has 0 N–H and O–H groups in total. The van der Waals surface area contributed by atoms with Crippen LogP contribution < -0.4 is 0 Å². The van der Waals surface area contributed by atoms with Gasteiger partial charge in [0.15, 0.2) is 12.2 Å². The van der Waals surface area contributed by atoms with Crippen molar-refractivity contribution in [3.63, 3.8) is 0 Å². The molecule has 34 heavy (non-hydrogen) atoms. The fourth-order valence-electron chi connectivity index (χ4n) is 4.56. The molecule has 7 nitrogen and oxygen atoms in total. The molecule has 0 aromatic heterocycles. The number of esters is 2. The van der Waals surface area contributed by atoms with Crippen molar-refractivity contribution in [1.29, 1.82) is 0 Å². The molecule has 0 aromatic rings. The van der Waals surface area contributed by atoms with Gasteiger partial charge in [-0.05, 0) is 10.8 Å². The summed E-state index contributed by atoms with van der Waals surface area (Å²) in [4.78, 5) is 36.9. The van der Waals surface area contributed by atoms with Crippen molar-refractivity contribution < 1.29 is 33.3 Å². The maximum absolute atomic E-state index is 12.7. The van der Waals surface area contributed by atoms with Crippen LogP contribution in [-0.4, -0.2) is 111 Å². The van der Waals surface area contributed by atoms with Gasteiger partial charge < -0.3 is 18.9 Å². The Morgan fingerprint density at radius 1 is 0.676 bits per heavy atom. The van der Waals surface area contributed by atoms with Crippen LogP contribution in [0.1, 0.15) is 27.7 Å². The van der Waals surface area contributed by atoms with Crippen LogP contribution in [-0.2, 0) is 28.5 Å². The number of hydrogen-bond donors (Lipinski definition) is 0. The van der Waals surface area contributed by atoms with Crippen LogP contribution in [0.2, 0.25) is 0 Å². The Morgan fingerprint density at radius 2 is 0.941 bits per heavy atom. The first kappa shape index (κ1) is 35.9. The molecule has 0 aliphatic heterocycles. The number of carbonyl (C=O) groups excluding carboxylic acids is 3. The van der Waals surface area contributed by atoms with E-state index in [1.54, 1.807) is 27.7 Å². The fraction of sp³-hybridized carbons (Fsp3) is 0.842. The molecular formula is C19H26Cl6Na2O7. The van der Waals surface area contributed by atoms with Gasteiger partial charge in [-0.1, -0.05) is 97.3 Å². The molecule has 0 aromatic carbocycles. The summed E-state index contributed by atoms with van der Waals surface area (Å²) in [7, 11) is 2.46. The van der Waals surface area contributed by atoms with E-state index in [2.05, 4.69) is 0 Å². The van der Waals surface area contributed by atoms with Gasteiger partial charge in [0.05, 0.1) is 26.1 Å². The average molecular weight is 625 g/mol. The topological polar surface area (TPSA) is 88.1 Å². The Hall–Kier alpha value is 1.95. The van der Waals surface area contributed by atoms with Gasteiger partial charge in [-0.3, -0.25) is 9.59 Å². The van der Waals surface area contributed by atoms with Gasteiger partial charge in [-0.15, -0.1) is 0 Å². The van der Waals surface area contributed by atoms with E-state index in [9.17, 15) is 14.4 Å². The van der Waals surface area contributed by atoms with Crippen LogP contribution in [0.25, 0.3) is 0 Å². The standard InChI is InChI=1S/C19H24Cl6O7.2Na.2H/c1-16(2)7(9(16)13(26)29-5)11(18(20,21)22)31-15(28)32-12(19(23,24)25)8-10(14(27)30-6)17(8,3)4;;;;/h7-12H,1-6H3;;;;. The van der Waals surface area contributed by atoms with Crippen molar-refractivity contribution in [2.75, 3.05) is 14.2 Å². The van der Waals surface area contributed by atoms with E-state index in [1.165, 1.54) is 14.2 Å². The molecular weight excluding hydrogens is 599 g/mol. The second kappa shape index (κ2) is 12.4. The van der Waals surface area contributed by atoms with E-state index < -0.39 is 72.4 Å². The van der Waals surface area contributed by atoms with E-state index in [0.717, 1.165) is 0 Å². The van der Waals surface area contributed by atoms with Crippen LogP contribution in [0, 0.1) is 34.5 Å². The summed E-state index contributed by atoms with van der Waals surface area (Å²) in [5.41, 5.74) is -1.35. The third-order valence-corrected chi connectivity index (χ3v) is 7.77. The Morgan fingerprint density at radius 3 is 1.15 bits per heavy atom. The van der Waals surface area contributed by atoms with Crippen molar-refractivity contribution in [1.82, 2.24) is 0 Å². The van der Waals surface area contributed by atoms with Crippen molar-refractivity contribution in [2.45, 2.75) is 47.5 Å². The van der Waals surface area contributed by atoms with Crippen LogP contribution in [0.4, 0.5) is 4.79 Å². The van der Waals surface area contributed by atoms with E-state index in [1.807, 2.05) is 0 Å². The van der Waals surface area contributed by atoms with Crippen LogP contribution in [0.5, 0.6) is 0 Å². The summed E-state index contributed by atoms with van der Waals surface area (Å²) < 4.78 is 16.1. The predicted octanol–water partition coefficient (Wildman–Crippen LogP) is 4.21. The number of alkyl halides is 6. The normalized spacial score (nSPS) is 28.1. The second-order valence-corrected chi connectivity index (χ2v) is 13.8. The van der Waals surface area contributed by atoms with Crippen molar-refractivity contribution >= 4 is 147 Å². The molecule has 188 valence electrons.